The summed E-state index contributed by atoms with van der Waals surface area (Å²) in [6, 6.07) is 3.75. The van der Waals surface area contributed by atoms with E-state index in [1.165, 1.54) is 12.8 Å². The maximum absolute atomic E-state index is 5.61. The number of hydrogen-bond acceptors (Lipinski definition) is 2. The Morgan fingerprint density at radius 1 is 1.50 bits per heavy atom. The van der Waals surface area contributed by atoms with Crippen LogP contribution in [0, 0.1) is 17.8 Å². The van der Waals surface area contributed by atoms with Crippen molar-refractivity contribution >= 4 is 5.82 Å². The van der Waals surface area contributed by atoms with Gasteiger partial charge in [0.05, 0.1) is 5.56 Å². The molecule has 1 heterocycles. The molecule has 2 rings (SSSR count). The van der Waals surface area contributed by atoms with Crippen LogP contribution in [0.25, 0.3) is 0 Å². The molecule has 2 nitrogen and oxygen atoms in total. The molecule has 60 valence electrons. The molecule has 0 amide bonds. The molecule has 2 heteroatoms. The van der Waals surface area contributed by atoms with E-state index in [1.807, 2.05) is 12.1 Å². The Labute approximate surface area is 71.8 Å². The lowest BCUT2D eigenvalue weighted by Crippen LogP contribution is -1.92. The van der Waals surface area contributed by atoms with Crippen molar-refractivity contribution in [2.24, 2.45) is 5.92 Å². The van der Waals surface area contributed by atoms with Crippen molar-refractivity contribution < 1.29 is 0 Å². The van der Waals surface area contributed by atoms with E-state index in [2.05, 4.69) is 16.8 Å². The monoisotopic (exact) mass is 158 g/mol. The molecule has 0 atom stereocenters. The van der Waals surface area contributed by atoms with Crippen molar-refractivity contribution in [3.05, 3.63) is 23.9 Å². The lowest BCUT2D eigenvalue weighted by atomic mass is 10.2. The third-order valence-electron chi connectivity index (χ3n) is 1.83. The van der Waals surface area contributed by atoms with Gasteiger partial charge in [0.25, 0.3) is 0 Å². The molecular formula is C10H10N2. The molecule has 12 heavy (non-hydrogen) atoms. The van der Waals surface area contributed by atoms with Crippen molar-refractivity contribution in [3.8, 4) is 11.8 Å². The number of hydrogen-bond donors (Lipinski definition) is 1. The smallest absolute Gasteiger partial charge is 0.139 e. The number of pyridine rings is 1. The van der Waals surface area contributed by atoms with E-state index >= 15 is 0 Å². The SMILES string of the molecule is Nc1ncccc1C#CC1CC1. The summed E-state index contributed by atoms with van der Waals surface area (Å²) in [4.78, 5) is 3.95. The van der Waals surface area contributed by atoms with Gasteiger partial charge in [-0.25, -0.2) is 4.98 Å². The van der Waals surface area contributed by atoms with E-state index in [9.17, 15) is 0 Å². The topological polar surface area (TPSA) is 38.9 Å². The molecule has 0 aliphatic heterocycles. The van der Waals surface area contributed by atoms with Crippen LogP contribution in [-0.2, 0) is 0 Å². The molecule has 1 aliphatic rings. The highest BCUT2D eigenvalue weighted by atomic mass is 14.8. The van der Waals surface area contributed by atoms with Gasteiger partial charge in [-0.3, -0.25) is 0 Å². The maximum Gasteiger partial charge on any atom is 0.139 e. The summed E-state index contributed by atoms with van der Waals surface area (Å²) >= 11 is 0. The maximum atomic E-state index is 5.61. The average molecular weight is 158 g/mol. The molecule has 0 bridgehead atoms. The predicted molar refractivity (Wildman–Crippen MR) is 48.3 cm³/mol. The molecule has 1 fully saturated rings. The Balaban J connectivity index is 2.23. The molecule has 0 unspecified atom stereocenters. The van der Waals surface area contributed by atoms with E-state index in [-0.39, 0.29) is 0 Å². The molecular weight excluding hydrogens is 148 g/mol. The fourth-order valence-corrected chi connectivity index (χ4v) is 0.931. The summed E-state index contributed by atoms with van der Waals surface area (Å²) in [6.45, 7) is 0. The number of nitrogen functional groups attached to an aromatic ring is 1. The first-order valence-electron chi connectivity index (χ1n) is 4.08. The van der Waals surface area contributed by atoms with E-state index in [1.54, 1.807) is 6.20 Å². The standard InChI is InChI=1S/C10H10N2/c11-10-9(2-1-7-12-10)6-5-8-3-4-8/h1-2,7-8H,3-4H2,(H2,11,12). The highest BCUT2D eigenvalue weighted by Gasteiger charge is 2.17. The van der Waals surface area contributed by atoms with Crippen LogP contribution in [0.2, 0.25) is 0 Å². The Kier molecular flexibility index (Phi) is 1.71. The van der Waals surface area contributed by atoms with Crippen LogP contribution >= 0.6 is 0 Å². The fraction of sp³-hybridized carbons (Fsp3) is 0.300. The normalized spacial score (nSPS) is 15.0. The van der Waals surface area contributed by atoms with Gasteiger partial charge < -0.3 is 5.73 Å². The molecule has 1 aliphatic carbocycles. The molecule has 0 saturated heterocycles. The van der Waals surface area contributed by atoms with Gasteiger partial charge in [-0.15, -0.1) is 0 Å². The minimum atomic E-state index is 0.533. The molecule has 1 saturated carbocycles. The third kappa shape index (κ3) is 1.57. The van der Waals surface area contributed by atoms with Gasteiger partial charge in [-0.2, -0.15) is 0 Å². The molecule has 0 spiro atoms. The fourth-order valence-electron chi connectivity index (χ4n) is 0.931. The van der Waals surface area contributed by atoms with Crippen molar-refractivity contribution in [1.82, 2.24) is 4.98 Å². The molecule has 1 aromatic rings. The quantitative estimate of drug-likeness (QED) is 0.580. The predicted octanol–water partition coefficient (Wildman–Crippen LogP) is 1.43. The van der Waals surface area contributed by atoms with Crippen LogP contribution in [0.5, 0.6) is 0 Å². The van der Waals surface area contributed by atoms with Crippen molar-refractivity contribution in [3.63, 3.8) is 0 Å². The highest BCUT2D eigenvalue weighted by Crippen LogP contribution is 2.27. The van der Waals surface area contributed by atoms with Gasteiger partial charge in [0.15, 0.2) is 0 Å². The molecule has 0 radical (unpaired) electrons. The van der Waals surface area contributed by atoms with Crippen LogP contribution < -0.4 is 5.73 Å². The van der Waals surface area contributed by atoms with E-state index in [4.69, 9.17) is 5.73 Å². The van der Waals surface area contributed by atoms with Crippen LogP contribution in [0.15, 0.2) is 18.3 Å². The minimum Gasteiger partial charge on any atom is -0.383 e. The Morgan fingerprint density at radius 2 is 2.33 bits per heavy atom. The van der Waals surface area contributed by atoms with E-state index in [0.29, 0.717) is 11.7 Å². The number of rotatable bonds is 0. The van der Waals surface area contributed by atoms with Crippen LogP contribution in [0.3, 0.4) is 0 Å². The average Bonchev–Trinajstić information content (AvgIpc) is 2.86. The second-order valence-electron chi connectivity index (χ2n) is 2.98. The number of anilines is 1. The van der Waals surface area contributed by atoms with Crippen LogP contribution in [-0.4, -0.2) is 4.98 Å². The number of nitrogens with zero attached hydrogens (tertiary/aromatic N) is 1. The zero-order valence-electron chi connectivity index (χ0n) is 6.75. The summed E-state index contributed by atoms with van der Waals surface area (Å²) in [6.07, 6.45) is 4.16. The van der Waals surface area contributed by atoms with Gasteiger partial charge in [0.2, 0.25) is 0 Å². The highest BCUT2D eigenvalue weighted by molar-refractivity contribution is 5.50. The summed E-state index contributed by atoms with van der Waals surface area (Å²) in [5, 5.41) is 0. The van der Waals surface area contributed by atoms with Crippen molar-refractivity contribution in [2.75, 3.05) is 5.73 Å². The van der Waals surface area contributed by atoms with Crippen LogP contribution in [0.1, 0.15) is 18.4 Å². The van der Waals surface area contributed by atoms with Gasteiger partial charge in [0.1, 0.15) is 5.82 Å². The van der Waals surface area contributed by atoms with E-state index in [0.717, 1.165) is 5.56 Å². The second kappa shape index (κ2) is 2.86. The number of aromatic nitrogens is 1. The third-order valence-corrected chi connectivity index (χ3v) is 1.83. The Bertz CT molecular complexity index is 342. The number of nitrogens with two attached hydrogens (primary N) is 1. The largest absolute Gasteiger partial charge is 0.383 e. The van der Waals surface area contributed by atoms with Crippen molar-refractivity contribution in [2.45, 2.75) is 12.8 Å². The first-order valence-corrected chi connectivity index (χ1v) is 4.08. The summed E-state index contributed by atoms with van der Waals surface area (Å²) < 4.78 is 0. The Morgan fingerprint density at radius 3 is 3.00 bits per heavy atom. The van der Waals surface area contributed by atoms with Gasteiger partial charge >= 0.3 is 0 Å². The lowest BCUT2D eigenvalue weighted by molar-refractivity contribution is 1.18. The molecule has 0 aromatic carbocycles. The van der Waals surface area contributed by atoms with Crippen molar-refractivity contribution in [1.29, 1.82) is 0 Å². The van der Waals surface area contributed by atoms with Gasteiger partial charge in [0, 0.05) is 12.1 Å². The van der Waals surface area contributed by atoms with Gasteiger partial charge in [-0.05, 0) is 25.0 Å². The Hall–Kier alpha value is -1.49. The molecule has 2 N–H and O–H groups in total. The zero-order chi connectivity index (χ0) is 8.39. The lowest BCUT2D eigenvalue weighted by Gasteiger charge is -1.93. The summed E-state index contributed by atoms with van der Waals surface area (Å²) in [5.41, 5.74) is 6.46. The second-order valence-corrected chi connectivity index (χ2v) is 2.98. The first kappa shape index (κ1) is 7.17. The first-order chi connectivity index (χ1) is 5.86. The summed E-state index contributed by atoms with van der Waals surface area (Å²) in [7, 11) is 0. The van der Waals surface area contributed by atoms with Gasteiger partial charge in [-0.1, -0.05) is 11.8 Å². The zero-order valence-corrected chi connectivity index (χ0v) is 6.75. The summed E-state index contributed by atoms with van der Waals surface area (Å²) in [5.74, 6) is 7.33. The van der Waals surface area contributed by atoms with Crippen LogP contribution in [0.4, 0.5) is 5.82 Å². The molecule has 1 aromatic heterocycles. The van der Waals surface area contributed by atoms with E-state index < -0.39 is 0 Å². The minimum absolute atomic E-state index is 0.533.